The van der Waals surface area contributed by atoms with Crippen molar-refractivity contribution in [3.63, 3.8) is 0 Å². The lowest BCUT2D eigenvalue weighted by atomic mass is 10.0. The number of amides is 1. The molecule has 180 valence electrons. The van der Waals surface area contributed by atoms with Crippen LogP contribution in [0.5, 0.6) is 0 Å². The minimum atomic E-state index is -4.49. The van der Waals surface area contributed by atoms with Gasteiger partial charge in [-0.25, -0.2) is 0 Å². The van der Waals surface area contributed by atoms with E-state index in [4.69, 9.17) is 10.3 Å². The number of hydrogen-bond donors (Lipinski definition) is 2. The van der Waals surface area contributed by atoms with E-state index in [1.165, 1.54) is 12.1 Å². The van der Waals surface area contributed by atoms with Gasteiger partial charge in [0.2, 0.25) is 23.9 Å². The summed E-state index contributed by atoms with van der Waals surface area (Å²) in [5.74, 6) is -0.249. The molecule has 0 aliphatic carbocycles. The molecule has 1 heterocycles. The van der Waals surface area contributed by atoms with Crippen molar-refractivity contribution in [2.75, 3.05) is 11.9 Å². The van der Waals surface area contributed by atoms with Gasteiger partial charge in [0.1, 0.15) is 0 Å². The van der Waals surface area contributed by atoms with Crippen molar-refractivity contribution in [1.82, 2.24) is 5.27 Å². The molecule has 1 amide bonds. The molecule has 0 bridgehead atoms. The minimum absolute atomic E-state index is 0.0519. The maximum Gasteiger partial charge on any atom is 0.416 e. The molecule has 9 heteroatoms. The summed E-state index contributed by atoms with van der Waals surface area (Å²) in [4.78, 5) is 12.3. The van der Waals surface area contributed by atoms with Crippen LogP contribution >= 0.6 is 0 Å². The molecule has 3 N–H and O–H groups in total. The molecule has 6 nitrogen and oxygen atoms in total. The average molecular weight is 481 g/mol. The summed E-state index contributed by atoms with van der Waals surface area (Å²) in [7, 11) is 0. The lowest BCUT2D eigenvalue weighted by Crippen LogP contribution is -2.45. The molecule has 0 aliphatic rings. The van der Waals surface area contributed by atoms with E-state index in [0.29, 0.717) is 13.0 Å². The Bertz CT molecular complexity index is 1270. The number of carbonyl (C=O) groups excluding carboxylic acids is 1. The predicted molar refractivity (Wildman–Crippen MR) is 124 cm³/mol. The van der Waals surface area contributed by atoms with Crippen molar-refractivity contribution in [1.29, 1.82) is 0 Å². The van der Waals surface area contributed by atoms with E-state index in [2.05, 4.69) is 22.7 Å². The first kappa shape index (κ1) is 24.2. The number of alkyl halides is 3. The number of benzene rings is 3. The molecule has 35 heavy (non-hydrogen) atoms. The van der Waals surface area contributed by atoms with Gasteiger partial charge in [0.15, 0.2) is 5.27 Å². The van der Waals surface area contributed by atoms with E-state index < -0.39 is 17.6 Å². The highest BCUT2D eigenvalue weighted by molar-refractivity contribution is 5.91. The van der Waals surface area contributed by atoms with Crippen molar-refractivity contribution in [2.24, 2.45) is 5.73 Å². The normalized spacial score (nSPS) is 12.3. The quantitative estimate of drug-likeness (QED) is 0.361. The Hall–Kier alpha value is -3.98. The van der Waals surface area contributed by atoms with Crippen LogP contribution in [0.3, 0.4) is 0 Å². The van der Waals surface area contributed by atoms with Crippen molar-refractivity contribution < 1.29 is 27.2 Å². The number of hydrogen-bond acceptors (Lipinski definition) is 4. The second kappa shape index (κ2) is 10.5. The lowest BCUT2D eigenvalue weighted by molar-refractivity contribution is -0.782. The summed E-state index contributed by atoms with van der Waals surface area (Å²) in [6.45, 7) is 0.299. The molecule has 0 saturated heterocycles. The van der Waals surface area contributed by atoms with Gasteiger partial charge in [-0.15, -0.1) is 0 Å². The number of rotatable bonds is 8. The molecule has 0 fully saturated rings. The number of nitrogens with zero attached hydrogens (tertiary/aromatic N) is 2. The van der Waals surface area contributed by atoms with Crippen molar-refractivity contribution in [3.8, 4) is 11.1 Å². The van der Waals surface area contributed by atoms with Crippen LogP contribution < -0.4 is 15.7 Å². The van der Waals surface area contributed by atoms with E-state index >= 15 is 0 Å². The van der Waals surface area contributed by atoms with Gasteiger partial charge in [-0.1, -0.05) is 60.7 Å². The first-order chi connectivity index (χ1) is 16.8. The Morgan fingerprint density at radius 2 is 1.71 bits per heavy atom. The Morgan fingerprint density at radius 3 is 2.40 bits per heavy atom. The zero-order valence-corrected chi connectivity index (χ0v) is 18.7. The molecular weight excluding hydrogens is 457 g/mol. The molecule has 0 aliphatic heterocycles. The van der Waals surface area contributed by atoms with Gasteiger partial charge < -0.3 is 15.6 Å². The van der Waals surface area contributed by atoms with Gasteiger partial charge in [0.05, 0.1) is 18.5 Å². The number of nitrogens with one attached hydrogen (secondary N) is 1. The highest BCUT2D eigenvalue weighted by Gasteiger charge is 2.30. The van der Waals surface area contributed by atoms with Crippen LogP contribution in [-0.2, 0) is 23.8 Å². The van der Waals surface area contributed by atoms with E-state index in [1.54, 1.807) is 10.9 Å². The minimum Gasteiger partial charge on any atom is -0.326 e. The van der Waals surface area contributed by atoms with E-state index in [0.717, 1.165) is 28.8 Å². The molecule has 4 rings (SSSR count). The van der Waals surface area contributed by atoms with E-state index in [1.807, 2.05) is 42.5 Å². The number of aromatic nitrogens is 2. The second-order valence-electron chi connectivity index (χ2n) is 8.11. The zero-order chi connectivity index (χ0) is 24.8. The molecule has 0 unspecified atom stereocenters. The number of anilines is 1. The Kier molecular flexibility index (Phi) is 7.26. The number of halogens is 3. The first-order valence-corrected chi connectivity index (χ1v) is 11.0. The van der Waals surface area contributed by atoms with Gasteiger partial charge in [-0.05, 0) is 39.6 Å². The summed E-state index contributed by atoms with van der Waals surface area (Å²) in [6, 6.07) is 22.5. The molecule has 1 aromatic heterocycles. The zero-order valence-electron chi connectivity index (χ0n) is 18.7. The van der Waals surface area contributed by atoms with E-state index in [-0.39, 0.29) is 23.9 Å². The molecule has 0 radical (unpaired) electrons. The molecule has 4 aromatic rings. The average Bonchev–Trinajstić information content (AvgIpc) is 3.31. The smallest absolute Gasteiger partial charge is 0.326 e. The second-order valence-corrected chi connectivity index (χ2v) is 8.11. The van der Waals surface area contributed by atoms with Crippen LogP contribution in [0.15, 0.2) is 89.6 Å². The fourth-order valence-electron chi connectivity index (χ4n) is 3.70. The molecule has 0 spiro atoms. The summed E-state index contributed by atoms with van der Waals surface area (Å²) in [5, 5.41) is 6.44. The van der Waals surface area contributed by atoms with Gasteiger partial charge >= 0.3 is 6.18 Å². The fraction of sp³-hybridized carbons (Fsp3) is 0.192. The third kappa shape index (κ3) is 6.33. The topological polar surface area (TPSA) is 85.0 Å². The van der Waals surface area contributed by atoms with Gasteiger partial charge in [0, 0.05) is 12.1 Å². The Labute approximate surface area is 200 Å². The maximum atomic E-state index is 12.9. The Balaban J connectivity index is 1.37. The maximum absolute atomic E-state index is 12.9. The SMILES string of the molecule is NC[C@@H](Cc1ccc(-c2ccccc2)cc1)[n+]1cc(CC(=O)Nc2cccc(C(F)(F)F)c2)on1. The van der Waals surface area contributed by atoms with Crippen molar-refractivity contribution in [3.05, 3.63) is 102 Å². The number of nitrogens with two attached hydrogens (primary N) is 1. The van der Waals surface area contributed by atoms with E-state index in [9.17, 15) is 18.0 Å². The largest absolute Gasteiger partial charge is 0.416 e. The summed E-state index contributed by atoms with van der Waals surface area (Å²) in [5.41, 5.74) is 8.49. The summed E-state index contributed by atoms with van der Waals surface area (Å²) >= 11 is 0. The fourth-order valence-corrected chi connectivity index (χ4v) is 3.70. The molecule has 1 atom stereocenters. The standard InChI is InChI=1S/C26H23F3N4O2/c27-26(28,29)21-7-4-8-22(14-21)31-25(34)15-24-17-33(32-35-24)23(16-30)13-18-9-11-20(12-10-18)19-5-2-1-3-6-19/h1-12,14,17,23H,13,15-16,30H2/p+1/t23-/m1/s1. The van der Waals surface area contributed by atoms with Crippen LogP contribution in [0.2, 0.25) is 0 Å². The van der Waals surface area contributed by atoms with Crippen LogP contribution in [0.4, 0.5) is 18.9 Å². The highest BCUT2D eigenvalue weighted by Crippen LogP contribution is 2.30. The van der Waals surface area contributed by atoms with Crippen LogP contribution in [0, 0.1) is 0 Å². The van der Waals surface area contributed by atoms with Crippen LogP contribution in [0.25, 0.3) is 11.1 Å². The highest BCUT2D eigenvalue weighted by atomic mass is 19.4. The summed E-state index contributed by atoms with van der Waals surface area (Å²) in [6.07, 6.45) is -2.48. The molecule has 3 aromatic carbocycles. The van der Waals surface area contributed by atoms with Gasteiger partial charge in [-0.2, -0.15) is 13.2 Å². The molecular formula is C26H24F3N4O2+. The van der Waals surface area contributed by atoms with Crippen molar-refractivity contribution >= 4 is 11.6 Å². The number of carbonyl (C=O) groups is 1. The van der Waals surface area contributed by atoms with Crippen LogP contribution in [-0.4, -0.2) is 17.7 Å². The van der Waals surface area contributed by atoms with Crippen molar-refractivity contribution in [2.45, 2.75) is 25.1 Å². The van der Waals surface area contributed by atoms with Crippen LogP contribution in [0.1, 0.15) is 22.9 Å². The first-order valence-electron chi connectivity index (χ1n) is 11.0. The third-order valence-electron chi connectivity index (χ3n) is 5.52. The van der Waals surface area contributed by atoms with Gasteiger partial charge in [-0.3, -0.25) is 4.79 Å². The lowest BCUT2D eigenvalue weighted by Gasteiger charge is -2.09. The monoisotopic (exact) mass is 481 g/mol. The predicted octanol–water partition coefficient (Wildman–Crippen LogP) is 4.57. The third-order valence-corrected chi connectivity index (χ3v) is 5.52. The summed E-state index contributed by atoms with van der Waals surface area (Å²) < 4.78 is 45.4. The molecule has 0 saturated carbocycles. The van der Waals surface area contributed by atoms with Gasteiger partial charge in [0.25, 0.3) is 0 Å². The Morgan fingerprint density at radius 1 is 1.00 bits per heavy atom.